The van der Waals surface area contributed by atoms with Gasteiger partial charge in [-0.25, -0.2) is 0 Å². The molecule has 0 bridgehead atoms. The lowest BCUT2D eigenvalue weighted by Crippen LogP contribution is -2.30. The van der Waals surface area contributed by atoms with Crippen LogP contribution in [-0.2, 0) is 11.2 Å². The van der Waals surface area contributed by atoms with Crippen LogP contribution in [0.2, 0.25) is 0 Å². The van der Waals surface area contributed by atoms with E-state index in [1.165, 1.54) is 17.6 Å². The van der Waals surface area contributed by atoms with Gasteiger partial charge in [0.2, 0.25) is 0 Å². The predicted octanol–water partition coefficient (Wildman–Crippen LogP) is 4.76. The highest BCUT2D eigenvalue weighted by molar-refractivity contribution is 9.11. The Balaban J connectivity index is 1.68. The first kappa shape index (κ1) is 16.5. The number of nitrogens with one attached hydrogen (secondary N) is 1. The molecule has 0 unspecified atom stereocenters. The highest BCUT2D eigenvalue weighted by Gasteiger charge is 2.50. The van der Waals surface area contributed by atoms with E-state index in [9.17, 15) is 4.79 Å². The van der Waals surface area contributed by atoms with Crippen molar-refractivity contribution < 1.29 is 4.79 Å². The molecular weight excluding hydrogens is 350 g/mol. The highest BCUT2D eigenvalue weighted by Crippen LogP contribution is 2.55. The number of Topliss-reactive ketones (excluding diaryl/α,β-unsaturated/α-hetero) is 1. The molecule has 23 heavy (non-hydrogen) atoms. The lowest BCUT2D eigenvalue weighted by atomic mass is 9.66. The first-order valence-electron chi connectivity index (χ1n) is 8.45. The minimum Gasteiger partial charge on any atom is -0.390 e. The summed E-state index contributed by atoms with van der Waals surface area (Å²) in [5.74, 6) is 0.698. The number of allylic oxidation sites excluding steroid dienone is 2. The number of rotatable bonds is 4. The molecule has 3 rings (SSSR count). The second-order valence-electron chi connectivity index (χ2n) is 6.88. The lowest BCUT2D eigenvalue weighted by Gasteiger charge is -2.38. The molecule has 0 heterocycles. The largest absolute Gasteiger partial charge is 0.390 e. The number of carbonyl (C=O) groups is 1. The average Bonchev–Trinajstić information content (AvgIpc) is 2.83. The van der Waals surface area contributed by atoms with Crippen LogP contribution in [-0.4, -0.2) is 12.3 Å². The Morgan fingerprint density at radius 2 is 2.13 bits per heavy atom. The summed E-state index contributed by atoms with van der Waals surface area (Å²) >= 11 is 3.49. The summed E-state index contributed by atoms with van der Waals surface area (Å²) in [5.41, 5.74) is 3.73. The van der Waals surface area contributed by atoms with Crippen LogP contribution in [0.25, 0.3) is 0 Å². The van der Waals surface area contributed by atoms with Crippen LogP contribution in [0.3, 0.4) is 0 Å². The van der Waals surface area contributed by atoms with Crippen LogP contribution in [0.1, 0.15) is 38.2 Å². The molecule has 3 heteroatoms. The lowest BCUT2D eigenvalue weighted by molar-refractivity contribution is -0.114. The first-order chi connectivity index (χ1) is 11.1. The van der Waals surface area contributed by atoms with E-state index in [0.717, 1.165) is 31.4 Å². The molecule has 0 amide bonds. The average molecular weight is 374 g/mol. The molecule has 2 saturated carbocycles. The van der Waals surface area contributed by atoms with Crippen LogP contribution in [0, 0.1) is 11.3 Å². The summed E-state index contributed by atoms with van der Waals surface area (Å²) in [5, 5.41) is 3.38. The standard InChI is InChI=1S/C20H24BrNO/c1-20-10-5-8-16(13-21)17(20)12-19(23)18(20)14-22-11-9-15-6-3-2-4-7-15/h2-4,6-7,13-14,17,22H,5,8-12H2,1H3/t17-,20-/m0/s1. The van der Waals surface area contributed by atoms with E-state index in [0.29, 0.717) is 18.1 Å². The predicted molar refractivity (Wildman–Crippen MR) is 98.3 cm³/mol. The Hall–Kier alpha value is -1.35. The van der Waals surface area contributed by atoms with Crippen LogP contribution in [0.4, 0.5) is 0 Å². The molecule has 1 aromatic carbocycles. The fraction of sp³-hybridized carbons (Fsp3) is 0.450. The maximum absolute atomic E-state index is 12.5. The second-order valence-corrected chi connectivity index (χ2v) is 7.34. The van der Waals surface area contributed by atoms with Gasteiger partial charge in [0.1, 0.15) is 0 Å². The molecule has 2 atom stereocenters. The van der Waals surface area contributed by atoms with Gasteiger partial charge < -0.3 is 5.32 Å². The fourth-order valence-corrected chi connectivity index (χ4v) is 4.67. The van der Waals surface area contributed by atoms with Crippen molar-refractivity contribution in [3.8, 4) is 0 Å². The van der Waals surface area contributed by atoms with Crippen molar-refractivity contribution >= 4 is 21.7 Å². The summed E-state index contributed by atoms with van der Waals surface area (Å²) in [7, 11) is 0. The molecule has 0 saturated heterocycles. The SMILES string of the molecule is C[C@]12CCCC(=CBr)[C@@H]1CC(=O)C2=CNCCc1ccccc1. The maximum atomic E-state index is 12.5. The van der Waals surface area contributed by atoms with Gasteiger partial charge in [0.25, 0.3) is 0 Å². The minimum absolute atomic E-state index is 0.00861. The van der Waals surface area contributed by atoms with Gasteiger partial charge >= 0.3 is 0 Å². The minimum atomic E-state index is 0.00861. The zero-order valence-electron chi connectivity index (χ0n) is 13.6. The van der Waals surface area contributed by atoms with Crippen molar-refractivity contribution in [3.05, 3.63) is 58.2 Å². The molecule has 2 aliphatic carbocycles. The summed E-state index contributed by atoms with van der Waals surface area (Å²) in [6.45, 7) is 3.13. The number of halogens is 1. The Labute approximate surface area is 147 Å². The molecule has 1 N–H and O–H groups in total. The van der Waals surface area contributed by atoms with E-state index in [1.54, 1.807) is 0 Å². The Kier molecular flexibility index (Phi) is 5.05. The third kappa shape index (κ3) is 3.30. The van der Waals surface area contributed by atoms with E-state index in [1.807, 2.05) is 17.3 Å². The number of carbonyl (C=O) groups excluding carboxylic acids is 1. The first-order valence-corrected chi connectivity index (χ1v) is 9.37. The molecule has 2 aliphatic rings. The van der Waals surface area contributed by atoms with Gasteiger partial charge in [-0.1, -0.05) is 58.8 Å². The monoisotopic (exact) mass is 373 g/mol. The van der Waals surface area contributed by atoms with E-state index in [4.69, 9.17) is 0 Å². The van der Waals surface area contributed by atoms with Crippen molar-refractivity contribution in [3.63, 3.8) is 0 Å². The van der Waals surface area contributed by atoms with Crippen molar-refractivity contribution in [1.29, 1.82) is 0 Å². The zero-order valence-corrected chi connectivity index (χ0v) is 15.2. The summed E-state index contributed by atoms with van der Waals surface area (Å²) < 4.78 is 0. The van der Waals surface area contributed by atoms with E-state index in [-0.39, 0.29) is 5.41 Å². The number of fused-ring (bicyclic) bond motifs is 1. The van der Waals surface area contributed by atoms with Crippen molar-refractivity contribution in [2.45, 2.75) is 39.0 Å². The van der Waals surface area contributed by atoms with Crippen molar-refractivity contribution in [2.24, 2.45) is 11.3 Å². The molecule has 0 aromatic heterocycles. The quantitative estimate of drug-likeness (QED) is 0.608. The van der Waals surface area contributed by atoms with E-state index in [2.05, 4.69) is 52.4 Å². The number of ketones is 1. The van der Waals surface area contributed by atoms with Crippen LogP contribution < -0.4 is 5.32 Å². The van der Waals surface area contributed by atoms with E-state index < -0.39 is 0 Å². The molecular formula is C20H24BrNO. The third-order valence-electron chi connectivity index (χ3n) is 5.47. The topological polar surface area (TPSA) is 29.1 Å². The second kappa shape index (κ2) is 7.04. The van der Waals surface area contributed by atoms with Gasteiger partial charge in [0.05, 0.1) is 0 Å². The van der Waals surface area contributed by atoms with Gasteiger partial charge in [-0.3, -0.25) is 4.79 Å². The summed E-state index contributed by atoms with van der Waals surface area (Å²) in [6, 6.07) is 10.4. The molecule has 2 fully saturated rings. The van der Waals surface area contributed by atoms with Crippen LogP contribution in [0.5, 0.6) is 0 Å². The molecule has 2 nitrogen and oxygen atoms in total. The van der Waals surface area contributed by atoms with Gasteiger partial charge in [-0.2, -0.15) is 0 Å². The number of hydrogen-bond donors (Lipinski definition) is 1. The smallest absolute Gasteiger partial charge is 0.161 e. The van der Waals surface area contributed by atoms with Crippen LogP contribution >= 0.6 is 15.9 Å². The summed E-state index contributed by atoms with van der Waals surface area (Å²) in [4.78, 5) is 14.6. The van der Waals surface area contributed by atoms with E-state index >= 15 is 0 Å². The molecule has 0 aliphatic heterocycles. The molecule has 1 aromatic rings. The Bertz CT molecular complexity index is 634. The zero-order chi connectivity index (χ0) is 16.3. The van der Waals surface area contributed by atoms with Gasteiger partial charge in [0.15, 0.2) is 5.78 Å². The van der Waals surface area contributed by atoms with Gasteiger partial charge in [-0.15, -0.1) is 0 Å². The van der Waals surface area contributed by atoms with Gasteiger partial charge in [0, 0.05) is 30.2 Å². The highest BCUT2D eigenvalue weighted by atomic mass is 79.9. The fourth-order valence-electron chi connectivity index (χ4n) is 4.12. The molecule has 122 valence electrons. The maximum Gasteiger partial charge on any atom is 0.161 e. The molecule has 0 radical (unpaired) electrons. The van der Waals surface area contributed by atoms with Crippen molar-refractivity contribution in [1.82, 2.24) is 5.32 Å². The summed E-state index contributed by atoms with van der Waals surface area (Å²) in [6.07, 6.45) is 7.04. The third-order valence-corrected chi connectivity index (χ3v) is 6.06. The normalized spacial score (nSPS) is 30.7. The van der Waals surface area contributed by atoms with Crippen molar-refractivity contribution in [2.75, 3.05) is 6.54 Å². The van der Waals surface area contributed by atoms with Gasteiger partial charge in [-0.05, 0) is 42.1 Å². The molecule has 0 spiro atoms. The number of hydrogen-bond acceptors (Lipinski definition) is 2. The Morgan fingerprint density at radius 3 is 2.87 bits per heavy atom. The Morgan fingerprint density at radius 1 is 1.35 bits per heavy atom. The van der Waals surface area contributed by atoms with Crippen LogP contribution in [0.15, 0.2) is 52.7 Å². The number of benzene rings is 1.